The fourth-order valence-electron chi connectivity index (χ4n) is 1.64. The summed E-state index contributed by atoms with van der Waals surface area (Å²) in [6.07, 6.45) is 0.891. The van der Waals surface area contributed by atoms with Crippen LogP contribution >= 0.6 is 11.3 Å². The van der Waals surface area contributed by atoms with Crippen LogP contribution in [0.3, 0.4) is 0 Å². The molecule has 1 amide bonds. The van der Waals surface area contributed by atoms with Crippen LogP contribution in [0.25, 0.3) is 4.96 Å². The van der Waals surface area contributed by atoms with E-state index in [1.807, 2.05) is 11.4 Å². The largest absolute Gasteiger partial charge is 0.375 e. The lowest BCUT2D eigenvalue weighted by Crippen LogP contribution is -2.27. The Balaban J connectivity index is 2.18. The van der Waals surface area contributed by atoms with Gasteiger partial charge < -0.3 is 10.1 Å². The lowest BCUT2D eigenvalue weighted by atomic mass is 10.3. The molecule has 0 unspecified atom stereocenters. The van der Waals surface area contributed by atoms with E-state index in [4.69, 9.17) is 4.74 Å². The number of methoxy groups -OCH3 is 1. The molecule has 0 radical (unpaired) electrons. The van der Waals surface area contributed by atoms with Gasteiger partial charge in [-0.15, -0.1) is 0 Å². The molecular weight excluding hydrogens is 252 g/mol. The monoisotopic (exact) mass is 268 g/mol. The van der Waals surface area contributed by atoms with Gasteiger partial charge in [-0.05, 0) is 13.3 Å². The molecular formula is C11H16N4O2S. The number of ether oxygens (including phenoxy) is 1. The molecule has 0 aromatic carbocycles. The second-order valence-electron chi connectivity index (χ2n) is 3.90. The van der Waals surface area contributed by atoms with Crippen molar-refractivity contribution < 1.29 is 9.53 Å². The van der Waals surface area contributed by atoms with Crippen LogP contribution < -0.4 is 5.32 Å². The standard InChI is InChI=1S/C11H16N4O2S/c1-4-10-14-15-8(5-12-9(16)6-17-3)7(2)13-11(15)18-10/h4-6H2,1-3H3,(H,12,16). The minimum absolute atomic E-state index is 0.0677. The first-order chi connectivity index (χ1) is 8.65. The zero-order chi connectivity index (χ0) is 13.1. The first-order valence-corrected chi connectivity index (χ1v) is 6.57. The molecule has 18 heavy (non-hydrogen) atoms. The first-order valence-electron chi connectivity index (χ1n) is 5.75. The van der Waals surface area contributed by atoms with Crippen molar-refractivity contribution in [2.24, 2.45) is 0 Å². The summed E-state index contributed by atoms with van der Waals surface area (Å²) in [5, 5.41) is 8.30. The number of rotatable bonds is 5. The first kappa shape index (κ1) is 13.0. The van der Waals surface area contributed by atoms with Gasteiger partial charge in [0, 0.05) is 7.11 Å². The van der Waals surface area contributed by atoms with Crippen LogP contribution in [0.5, 0.6) is 0 Å². The topological polar surface area (TPSA) is 68.5 Å². The highest BCUT2D eigenvalue weighted by Crippen LogP contribution is 2.18. The van der Waals surface area contributed by atoms with E-state index in [1.54, 1.807) is 11.3 Å². The van der Waals surface area contributed by atoms with E-state index in [9.17, 15) is 4.79 Å². The highest BCUT2D eigenvalue weighted by atomic mass is 32.1. The molecule has 1 N–H and O–H groups in total. The van der Waals surface area contributed by atoms with Gasteiger partial charge in [-0.2, -0.15) is 5.10 Å². The van der Waals surface area contributed by atoms with Crippen molar-refractivity contribution in [1.82, 2.24) is 19.9 Å². The number of hydrogen-bond donors (Lipinski definition) is 1. The average molecular weight is 268 g/mol. The maximum atomic E-state index is 11.4. The molecule has 0 aliphatic rings. The Bertz CT molecular complexity index is 561. The Morgan fingerprint density at radius 3 is 3.00 bits per heavy atom. The number of nitrogens with zero attached hydrogens (tertiary/aromatic N) is 3. The Morgan fingerprint density at radius 2 is 2.33 bits per heavy atom. The molecule has 0 aliphatic heterocycles. The summed E-state index contributed by atoms with van der Waals surface area (Å²) in [6.45, 7) is 4.47. The minimum Gasteiger partial charge on any atom is -0.375 e. The third-order valence-electron chi connectivity index (χ3n) is 2.57. The van der Waals surface area contributed by atoms with Crippen molar-refractivity contribution >= 4 is 22.2 Å². The van der Waals surface area contributed by atoms with Crippen LogP contribution in [0.15, 0.2) is 0 Å². The number of aryl methyl sites for hydroxylation is 2. The fraction of sp³-hybridized carbons (Fsp3) is 0.545. The molecule has 0 atom stereocenters. The van der Waals surface area contributed by atoms with Crippen LogP contribution in [0.2, 0.25) is 0 Å². The van der Waals surface area contributed by atoms with E-state index in [-0.39, 0.29) is 12.5 Å². The molecule has 2 heterocycles. The predicted molar refractivity (Wildman–Crippen MR) is 68.7 cm³/mol. The Labute approximate surface area is 109 Å². The van der Waals surface area contributed by atoms with Crippen molar-refractivity contribution in [3.8, 4) is 0 Å². The molecule has 6 nitrogen and oxygen atoms in total. The summed E-state index contributed by atoms with van der Waals surface area (Å²) in [4.78, 5) is 16.7. The number of imidazole rings is 1. The summed E-state index contributed by atoms with van der Waals surface area (Å²) in [7, 11) is 1.50. The quantitative estimate of drug-likeness (QED) is 0.875. The van der Waals surface area contributed by atoms with Crippen LogP contribution in [-0.2, 0) is 22.5 Å². The van der Waals surface area contributed by atoms with E-state index in [1.165, 1.54) is 7.11 Å². The molecule has 2 aromatic rings. The molecule has 0 bridgehead atoms. The highest BCUT2D eigenvalue weighted by Gasteiger charge is 2.13. The van der Waals surface area contributed by atoms with E-state index in [0.29, 0.717) is 6.54 Å². The number of fused-ring (bicyclic) bond motifs is 1. The SMILES string of the molecule is CCc1nn2c(CNC(=O)COC)c(C)nc2s1. The van der Waals surface area contributed by atoms with Gasteiger partial charge in [0.1, 0.15) is 11.6 Å². The van der Waals surface area contributed by atoms with Gasteiger partial charge in [0.25, 0.3) is 0 Å². The average Bonchev–Trinajstić information content (AvgIpc) is 2.84. The van der Waals surface area contributed by atoms with Crippen molar-refractivity contribution in [3.05, 3.63) is 16.4 Å². The van der Waals surface area contributed by atoms with Gasteiger partial charge >= 0.3 is 0 Å². The van der Waals surface area contributed by atoms with Gasteiger partial charge in [-0.3, -0.25) is 4.79 Å². The van der Waals surface area contributed by atoms with E-state index in [2.05, 4.69) is 22.3 Å². The highest BCUT2D eigenvalue weighted by molar-refractivity contribution is 7.16. The smallest absolute Gasteiger partial charge is 0.246 e. The maximum Gasteiger partial charge on any atom is 0.246 e. The lowest BCUT2D eigenvalue weighted by Gasteiger charge is -2.03. The molecule has 98 valence electrons. The van der Waals surface area contributed by atoms with E-state index >= 15 is 0 Å². The van der Waals surface area contributed by atoms with E-state index in [0.717, 1.165) is 27.8 Å². The third kappa shape index (κ3) is 2.51. The Hall–Kier alpha value is -1.47. The van der Waals surface area contributed by atoms with Crippen molar-refractivity contribution in [2.45, 2.75) is 26.8 Å². The number of carbonyl (C=O) groups is 1. The third-order valence-corrected chi connectivity index (χ3v) is 3.62. The second-order valence-corrected chi connectivity index (χ2v) is 4.94. The maximum absolute atomic E-state index is 11.4. The number of carbonyl (C=O) groups excluding carboxylic acids is 1. The zero-order valence-electron chi connectivity index (χ0n) is 10.7. The van der Waals surface area contributed by atoms with Crippen molar-refractivity contribution in [3.63, 3.8) is 0 Å². The van der Waals surface area contributed by atoms with Crippen LogP contribution in [0.1, 0.15) is 23.3 Å². The van der Waals surface area contributed by atoms with Gasteiger partial charge in [0.2, 0.25) is 10.9 Å². The summed E-state index contributed by atoms with van der Waals surface area (Å²) >= 11 is 1.58. The van der Waals surface area contributed by atoms with Crippen molar-refractivity contribution in [2.75, 3.05) is 13.7 Å². The summed E-state index contributed by atoms with van der Waals surface area (Å²) in [5.41, 5.74) is 1.82. The molecule has 0 spiro atoms. The lowest BCUT2D eigenvalue weighted by molar-refractivity contribution is -0.124. The van der Waals surface area contributed by atoms with Gasteiger partial charge in [-0.25, -0.2) is 9.50 Å². The fourth-order valence-corrected chi connectivity index (χ4v) is 2.54. The van der Waals surface area contributed by atoms with Crippen molar-refractivity contribution in [1.29, 1.82) is 0 Å². The Morgan fingerprint density at radius 1 is 1.56 bits per heavy atom. The van der Waals surface area contributed by atoms with Crippen LogP contribution in [-0.4, -0.2) is 34.2 Å². The summed E-state index contributed by atoms with van der Waals surface area (Å²) in [6, 6.07) is 0. The summed E-state index contributed by atoms with van der Waals surface area (Å²) < 4.78 is 6.58. The minimum atomic E-state index is -0.141. The zero-order valence-corrected chi connectivity index (χ0v) is 11.5. The molecule has 0 aliphatic carbocycles. The Kier molecular flexibility index (Phi) is 3.93. The molecule has 2 aromatic heterocycles. The molecule has 7 heteroatoms. The second kappa shape index (κ2) is 5.45. The van der Waals surface area contributed by atoms with E-state index < -0.39 is 0 Å². The van der Waals surface area contributed by atoms with Crippen LogP contribution in [0.4, 0.5) is 0 Å². The molecule has 0 saturated carbocycles. The van der Waals surface area contributed by atoms with Gasteiger partial charge in [-0.1, -0.05) is 18.3 Å². The number of nitrogens with one attached hydrogen (secondary N) is 1. The number of hydrogen-bond acceptors (Lipinski definition) is 5. The summed E-state index contributed by atoms with van der Waals surface area (Å²) in [5.74, 6) is -0.141. The normalized spacial score (nSPS) is 11.1. The van der Waals surface area contributed by atoms with Gasteiger partial charge in [0.15, 0.2) is 0 Å². The number of aromatic nitrogens is 3. The number of amides is 1. The molecule has 0 fully saturated rings. The van der Waals surface area contributed by atoms with Gasteiger partial charge in [0.05, 0.1) is 17.9 Å². The molecule has 2 rings (SSSR count). The predicted octanol–water partition coefficient (Wildman–Crippen LogP) is 0.924. The molecule has 0 saturated heterocycles. The van der Waals surface area contributed by atoms with Crippen LogP contribution in [0, 0.1) is 6.92 Å².